The summed E-state index contributed by atoms with van der Waals surface area (Å²) in [4.78, 5) is 27.6. The Bertz CT molecular complexity index is 356. The van der Waals surface area contributed by atoms with E-state index in [1.807, 2.05) is 0 Å². The van der Waals surface area contributed by atoms with Gasteiger partial charge in [-0.3, -0.25) is 14.4 Å². The van der Waals surface area contributed by atoms with Gasteiger partial charge in [-0.2, -0.15) is 5.12 Å². The van der Waals surface area contributed by atoms with Gasteiger partial charge in [0.25, 0.3) is 0 Å². The van der Waals surface area contributed by atoms with E-state index in [9.17, 15) is 14.7 Å². The molecule has 0 aromatic rings. The first kappa shape index (κ1) is 21.7. The first-order valence-electron chi connectivity index (χ1n) is 7.33. The Morgan fingerprint density at radius 3 is 2.17 bits per heavy atom. The molecule has 2 atom stereocenters. The lowest BCUT2D eigenvalue weighted by Crippen LogP contribution is -2.59. The molecule has 0 saturated carbocycles. The van der Waals surface area contributed by atoms with Crippen molar-refractivity contribution in [3.63, 3.8) is 0 Å². The molecule has 0 rings (SSSR count). The standard InChI is InChI=1S/C13H27N3O7/c1-5-15(14-10(2)12(17)18)16(11(3)13(19)20)23-9-8-22-7-6-21-4/h10-11,14H,5-9H2,1-4H3,(H,17,18)(H,19,20)/t10-,11-/m0/s1. The molecule has 0 aliphatic rings. The van der Waals surface area contributed by atoms with Crippen molar-refractivity contribution < 1.29 is 34.1 Å². The molecule has 0 heterocycles. The van der Waals surface area contributed by atoms with Crippen LogP contribution in [0, 0.1) is 0 Å². The molecule has 0 aliphatic heterocycles. The highest BCUT2D eigenvalue weighted by Crippen LogP contribution is 2.06. The Hall–Kier alpha value is -1.30. The molecule has 0 saturated heterocycles. The van der Waals surface area contributed by atoms with Crippen LogP contribution in [0.15, 0.2) is 0 Å². The topological polar surface area (TPSA) is 121 Å². The van der Waals surface area contributed by atoms with E-state index in [0.29, 0.717) is 19.8 Å². The number of nitrogens with zero attached hydrogens (tertiary/aromatic N) is 2. The van der Waals surface area contributed by atoms with E-state index in [1.165, 1.54) is 19.0 Å². The molecular weight excluding hydrogens is 310 g/mol. The summed E-state index contributed by atoms with van der Waals surface area (Å²) in [5.41, 5.74) is 2.67. The number of nitrogens with one attached hydrogen (secondary N) is 1. The van der Waals surface area contributed by atoms with E-state index in [2.05, 4.69) is 5.43 Å². The van der Waals surface area contributed by atoms with Gasteiger partial charge in [0.05, 0.1) is 26.4 Å². The number of carboxylic acids is 2. The third-order valence-electron chi connectivity index (χ3n) is 2.82. The van der Waals surface area contributed by atoms with Gasteiger partial charge in [0.15, 0.2) is 0 Å². The zero-order chi connectivity index (χ0) is 17.8. The minimum absolute atomic E-state index is 0.112. The van der Waals surface area contributed by atoms with E-state index < -0.39 is 24.0 Å². The van der Waals surface area contributed by atoms with Gasteiger partial charge in [-0.15, -0.1) is 0 Å². The second-order valence-electron chi connectivity index (χ2n) is 4.66. The smallest absolute Gasteiger partial charge is 0.324 e. The van der Waals surface area contributed by atoms with Crippen molar-refractivity contribution in [2.24, 2.45) is 0 Å². The molecule has 0 bridgehead atoms. The van der Waals surface area contributed by atoms with Crippen LogP contribution in [0.3, 0.4) is 0 Å². The zero-order valence-electron chi connectivity index (χ0n) is 14.0. The van der Waals surface area contributed by atoms with E-state index in [0.717, 1.165) is 5.17 Å². The minimum Gasteiger partial charge on any atom is -0.480 e. The molecule has 10 nitrogen and oxygen atoms in total. The molecule has 10 heteroatoms. The zero-order valence-corrected chi connectivity index (χ0v) is 14.0. The summed E-state index contributed by atoms with van der Waals surface area (Å²) in [5, 5.41) is 20.5. The largest absolute Gasteiger partial charge is 0.480 e. The van der Waals surface area contributed by atoms with Crippen molar-refractivity contribution in [3.8, 4) is 0 Å². The summed E-state index contributed by atoms with van der Waals surface area (Å²) >= 11 is 0. The van der Waals surface area contributed by atoms with Crippen molar-refractivity contribution in [2.45, 2.75) is 32.9 Å². The first-order valence-corrected chi connectivity index (χ1v) is 7.33. The molecule has 0 spiro atoms. The maximum atomic E-state index is 11.2. The number of hydrogen-bond acceptors (Lipinski definition) is 8. The molecule has 136 valence electrons. The lowest BCUT2D eigenvalue weighted by molar-refractivity contribution is -0.322. The average Bonchev–Trinajstić information content (AvgIpc) is 2.51. The Balaban J connectivity index is 4.64. The Morgan fingerprint density at radius 2 is 1.70 bits per heavy atom. The van der Waals surface area contributed by atoms with Crippen molar-refractivity contribution >= 4 is 11.9 Å². The molecular formula is C13H27N3O7. The fourth-order valence-electron chi connectivity index (χ4n) is 1.49. The van der Waals surface area contributed by atoms with E-state index in [1.54, 1.807) is 14.0 Å². The van der Waals surface area contributed by atoms with Crippen LogP contribution in [0.4, 0.5) is 0 Å². The minimum atomic E-state index is -1.10. The predicted molar refractivity (Wildman–Crippen MR) is 80.2 cm³/mol. The van der Waals surface area contributed by atoms with Gasteiger partial charge in [-0.1, -0.05) is 5.17 Å². The van der Waals surface area contributed by atoms with Crippen molar-refractivity contribution in [2.75, 3.05) is 40.1 Å². The summed E-state index contributed by atoms with van der Waals surface area (Å²) in [7, 11) is 1.56. The molecule has 0 radical (unpaired) electrons. The first-order chi connectivity index (χ1) is 10.8. The van der Waals surface area contributed by atoms with Gasteiger partial charge in [-0.25, -0.2) is 5.43 Å². The summed E-state index contributed by atoms with van der Waals surface area (Å²) in [5.74, 6) is -2.16. The van der Waals surface area contributed by atoms with E-state index >= 15 is 0 Å². The van der Waals surface area contributed by atoms with Crippen LogP contribution < -0.4 is 5.43 Å². The van der Waals surface area contributed by atoms with Crippen molar-refractivity contribution in [3.05, 3.63) is 0 Å². The quantitative estimate of drug-likeness (QED) is 0.284. The molecule has 23 heavy (non-hydrogen) atoms. The van der Waals surface area contributed by atoms with Gasteiger partial charge in [0.2, 0.25) is 0 Å². The van der Waals surface area contributed by atoms with Crippen LogP contribution in [0.1, 0.15) is 20.8 Å². The average molecular weight is 337 g/mol. The number of ether oxygens (including phenoxy) is 2. The van der Waals surface area contributed by atoms with E-state index in [-0.39, 0.29) is 13.2 Å². The van der Waals surface area contributed by atoms with Gasteiger partial charge in [0, 0.05) is 13.7 Å². The van der Waals surface area contributed by atoms with Crippen LogP contribution in [-0.2, 0) is 23.9 Å². The highest BCUT2D eigenvalue weighted by molar-refractivity contribution is 5.73. The summed E-state index contributed by atoms with van der Waals surface area (Å²) in [6.07, 6.45) is 0. The third kappa shape index (κ3) is 8.79. The van der Waals surface area contributed by atoms with Gasteiger partial charge in [0.1, 0.15) is 12.1 Å². The lowest BCUT2D eigenvalue weighted by Gasteiger charge is -2.36. The lowest BCUT2D eigenvalue weighted by atomic mass is 10.3. The fourth-order valence-corrected chi connectivity index (χ4v) is 1.49. The molecule has 0 fully saturated rings. The van der Waals surface area contributed by atoms with Gasteiger partial charge < -0.3 is 19.7 Å². The molecule has 0 aliphatic carbocycles. The number of carboxylic acid groups (broad SMARTS) is 2. The summed E-state index contributed by atoms with van der Waals surface area (Å²) in [6.45, 7) is 6.14. The van der Waals surface area contributed by atoms with Crippen LogP contribution in [0.5, 0.6) is 0 Å². The highest BCUT2D eigenvalue weighted by atomic mass is 16.7. The monoisotopic (exact) mass is 337 g/mol. The Kier molecular flexibility index (Phi) is 11.5. The highest BCUT2D eigenvalue weighted by Gasteiger charge is 2.29. The van der Waals surface area contributed by atoms with Crippen LogP contribution >= 0.6 is 0 Å². The van der Waals surface area contributed by atoms with Gasteiger partial charge >= 0.3 is 11.9 Å². The van der Waals surface area contributed by atoms with Crippen LogP contribution in [-0.4, -0.2) is 84.6 Å². The molecule has 0 aromatic heterocycles. The van der Waals surface area contributed by atoms with Crippen LogP contribution in [0.25, 0.3) is 0 Å². The predicted octanol–water partition coefficient (Wildman–Crippen LogP) is -0.429. The maximum absolute atomic E-state index is 11.2. The number of hydrazine groups is 2. The molecule has 3 N–H and O–H groups in total. The number of aliphatic carboxylic acids is 2. The number of hydrogen-bond donors (Lipinski definition) is 3. The summed E-state index contributed by atoms with van der Waals surface area (Å²) < 4.78 is 10.1. The Morgan fingerprint density at radius 1 is 1.09 bits per heavy atom. The number of methoxy groups -OCH3 is 1. The molecule has 0 unspecified atom stereocenters. The number of hydroxylamine groups is 1. The normalized spacial score (nSPS) is 14.2. The second kappa shape index (κ2) is 12.2. The maximum Gasteiger partial charge on any atom is 0.324 e. The third-order valence-corrected chi connectivity index (χ3v) is 2.82. The van der Waals surface area contributed by atoms with Crippen molar-refractivity contribution in [1.82, 2.24) is 15.7 Å². The van der Waals surface area contributed by atoms with Crippen molar-refractivity contribution in [1.29, 1.82) is 0 Å². The van der Waals surface area contributed by atoms with Gasteiger partial charge in [-0.05, 0) is 20.8 Å². The molecule has 0 amide bonds. The fraction of sp³-hybridized carbons (Fsp3) is 0.846. The molecule has 0 aromatic carbocycles. The number of carbonyl (C=O) groups is 2. The summed E-state index contributed by atoms with van der Waals surface area (Å²) in [6, 6.07) is -1.91. The second-order valence-corrected chi connectivity index (χ2v) is 4.66. The number of rotatable bonds is 14. The Labute approximate surface area is 135 Å². The van der Waals surface area contributed by atoms with E-state index in [4.69, 9.17) is 19.4 Å². The SMILES string of the molecule is CCN(N[C@@H](C)C(=O)O)N(OCCOCCOC)[C@@H](C)C(=O)O. The van der Waals surface area contributed by atoms with Crippen LogP contribution in [0.2, 0.25) is 0 Å².